The zero-order valence-corrected chi connectivity index (χ0v) is 12.7. The molecule has 0 bridgehead atoms. The van der Waals surface area contributed by atoms with E-state index in [2.05, 4.69) is 15.7 Å². The monoisotopic (exact) mass is 316 g/mol. The fraction of sp³-hybridized carbons (Fsp3) is 0.312. The molecule has 7 heteroatoms. The second kappa shape index (κ2) is 8.57. The van der Waals surface area contributed by atoms with Crippen LogP contribution in [0.3, 0.4) is 0 Å². The summed E-state index contributed by atoms with van der Waals surface area (Å²) >= 11 is 0. The SMILES string of the molecule is O=C(O)CCCNC(=O)NCc1ccc(Cn2cccn2)cc1. The van der Waals surface area contributed by atoms with Gasteiger partial charge in [-0.3, -0.25) is 9.48 Å². The smallest absolute Gasteiger partial charge is 0.315 e. The topological polar surface area (TPSA) is 96.3 Å². The van der Waals surface area contributed by atoms with Gasteiger partial charge in [0.05, 0.1) is 6.54 Å². The number of amides is 2. The van der Waals surface area contributed by atoms with Crippen LogP contribution in [0.2, 0.25) is 0 Å². The maximum absolute atomic E-state index is 11.6. The van der Waals surface area contributed by atoms with Gasteiger partial charge in [-0.2, -0.15) is 5.10 Å². The van der Waals surface area contributed by atoms with Crippen LogP contribution in [0, 0.1) is 0 Å². The number of nitrogens with one attached hydrogen (secondary N) is 2. The molecule has 0 saturated carbocycles. The quantitative estimate of drug-likeness (QED) is 0.644. The number of nitrogens with zero attached hydrogens (tertiary/aromatic N) is 2. The van der Waals surface area contributed by atoms with Crippen LogP contribution < -0.4 is 10.6 Å². The Labute approximate surface area is 134 Å². The van der Waals surface area contributed by atoms with Crippen LogP contribution in [-0.2, 0) is 17.9 Å². The third-order valence-electron chi connectivity index (χ3n) is 3.23. The molecule has 0 aliphatic heterocycles. The summed E-state index contributed by atoms with van der Waals surface area (Å²) in [7, 11) is 0. The van der Waals surface area contributed by atoms with Crippen LogP contribution in [-0.4, -0.2) is 33.4 Å². The van der Waals surface area contributed by atoms with Crippen molar-refractivity contribution in [2.75, 3.05) is 6.54 Å². The Balaban J connectivity index is 1.69. The third kappa shape index (κ3) is 6.21. The molecule has 122 valence electrons. The molecule has 7 nitrogen and oxygen atoms in total. The molecule has 0 saturated heterocycles. The highest BCUT2D eigenvalue weighted by Gasteiger charge is 2.02. The molecule has 1 heterocycles. The number of aliphatic carboxylic acids is 1. The van der Waals surface area contributed by atoms with Crippen molar-refractivity contribution in [1.29, 1.82) is 0 Å². The number of carboxylic acids is 1. The van der Waals surface area contributed by atoms with Gasteiger partial charge in [-0.15, -0.1) is 0 Å². The van der Waals surface area contributed by atoms with Gasteiger partial charge in [0.15, 0.2) is 0 Å². The fourth-order valence-electron chi connectivity index (χ4n) is 2.03. The van der Waals surface area contributed by atoms with Crippen molar-refractivity contribution in [3.8, 4) is 0 Å². The van der Waals surface area contributed by atoms with E-state index < -0.39 is 5.97 Å². The van der Waals surface area contributed by atoms with E-state index in [0.717, 1.165) is 11.1 Å². The minimum Gasteiger partial charge on any atom is -0.481 e. The van der Waals surface area contributed by atoms with Gasteiger partial charge in [-0.25, -0.2) is 4.79 Å². The van der Waals surface area contributed by atoms with E-state index in [9.17, 15) is 9.59 Å². The number of benzene rings is 1. The minimum absolute atomic E-state index is 0.0536. The van der Waals surface area contributed by atoms with Gasteiger partial charge in [0, 0.05) is 31.9 Å². The molecule has 0 aliphatic rings. The lowest BCUT2D eigenvalue weighted by molar-refractivity contribution is -0.137. The van der Waals surface area contributed by atoms with Crippen molar-refractivity contribution in [3.05, 3.63) is 53.9 Å². The summed E-state index contributed by atoms with van der Waals surface area (Å²) in [5, 5.41) is 18.0. The van der Waals surface area contributed by atoms with Gasteiger partial charge >= 0.3 is 12.0 Å². The predicted molar refractivity (Wildman–Crippen MR) is 84.9 cm³/mol. The molecule has 0 atom stereocenters. The van der Waals surface area contributed by atoms with E-state index in [1.54, 1.807) is 6.20 Å². The molecule has 0 spiro atoms. The average Bonchev–Trinajstić information content (AvgIpc) is 3.04. The van der Waals surface area contributed by atoms with Gasteiger partial charge in [0.2, 0.25) is 0 Å². The van der Waals surface area contributed by atoms with Crippen LogP contribution >= 0.6 is 0 Å². The number of aromatic nitrogens is 2. The van der Waals surface area contributed by atoms with E-state index in [-0.39, 0.29) is 12.5 Å². The van der Waals surface area contributed by atoms with Crippen molar-refractivity contribution in [1.82, 2.24) is 20.4 Å². The molecule has 2 amide bonds. The van der Waals surface area contributed by atoms with Crippen LogP contribution in [0.4, 0.5) is 4.79 Å². The first-order valence-electron chi connectivity index (χ1n) is 7.42. The van der Waals surface area contributed by atoms with E-state index >= 15 is 0 Å². The zero-order valence-electron chi connectivity index (χ0n) is 12.7. The third-order valence-corrected chi connectivity index (χ3v) is 3.23. The predicted octanol–water partition coefficient (Wildman–Crippen LogP) is 1.60. The molecule has 1 aromatic carbocycles. The lowest BCUT2D eigenvalue weighted by atomic mass is 10.1. The maximum Gasteiger partial charge on any atom is 0.315 e. The molecule has 1 aromatic heterocycles. The molecule has 3 N–H and O–H groups in total. The number of carbonyl (C=O) groups is 2. The van der Waals surface area contributed by atoms with Crippen LogP contribution in [0.5, 0.6) is 0 Å². The molecule has 0 unspecified atom stereocenters. The molecule has 2 rings (SSSR count). The van der Waals surface area contributed by atoms with Crippen LogP contribution in [0.15, 0.2) is 42.7 Å². The largest absolute Gasteiger partial charge is 0.481 e. The van der Waals surface area contributed by atoms with E-state index in [0.29, 0.717) is 26.1 Å². The molecule has 2 aromatic rings. The lowest BCUT2D eigenvalue weighted by Gasteiger charge is -2.08. The van der Waals surface area contributed by atoms with Crippen LogP contribution in [0.1, 0.15) is 24.0 Å². The second-order valence-electron chi connectivity index (χ2n) is 5.13. The van der Waals surface area contributed by atoms with Crippen molar-refractivity contribution in [2.24, 2.45) is 0 Å². The van der Waals surface area contributed by atoms with Gasteiger partial charge < -0.3 is 15.7 Å². The standard InChI is InChI=1S/C16H20N4O3/c21-15(22)3-1-8-17-16(23)18-11-13-4-6-14(7-5-13)12-20-10-2-9-19-20/h2,4-7,9-10H,1,3,8,11-12H2,(H,21,22)(H2,17,18,23). The Kier molecular flexibility index (Phi) is 6.17. The van der Waals surface area contributed by atoms with E-state index in [1.807, 2.05) is 41.2 Å². The second-order valence-corrected chi connectivity index (χ2v) is 5.13. The summed E-state index contributed by atoms with van der Waals surface area (Å²) in [5.41, 5.74) is 2.13. The summed E-state index contributed by atoms with van der Waals surface area (Å²) in [4.78, 5) is 21.9. The molecule has 0 aliphatic carbocycles. The first-order chi connectivity index (χ1) is 11.1. The summed E-state index contributed by atoms with van der Waals surface area (Å²) in [6.45, 7) is 1.48. The average molecular weight is 316 g/mol. The summed E-state index contributed by atoms with van der Waals surface area (Å²) < 4.78 is 1.85. The number of hydrogen-bond acceptors (Lipinski definition) is 3. The van der Waals surface area contributed by atoms with Crippen molar-refractivity contribution in [2.45, 2.75) is 25.9 Å². The van der Waals surface area contributed by atoms with Crippen molar-refractivity contribution in [3.63, 3.8) is 0 Å². The lowest BCUT2D eigenvalue weighted by Crippen LogP contribution is -2.35. The van der Waals surface area contributed by atoms with E-state index in [1.165, 1.54) is 0 Å². The minimum atomic E-state index is -0.859. The van der Waals surface area contributed by atoms with Gasteiger partial charge in [0.1, 0.15) is 0 Å². The number of hydrogen-bond donors (Lipinski definition) is 3. The highest BCUT2D eigenvalue weighted by atomic mass is 16.4. The molecule has 23 heavy (non-hydrogen) atoms. The number of carbonyl (C=O) groups excluding carboxylic acids is 1. The van der Waals surface area contributed by atoms with Gasteiger partial charge in [0.25, 0.3) is 0 Å². The highest BCUT2D eigenvalue weighted by molar-refractivity contribution is 5.73. The maximum atomic E-state index is 11.6. The zero-order chi connectivity index (χ0) is 16.5. The first kappa shape index (κ1) is 16.5. The Bertz CT molecular complexity index is 623. The highest BCUT2D eigenvalue weighted by Crippen LogP contribution is 2.06. The first-order valence-corrected chi connectivity index (χ1v) is 7.42. The van der Waals surface area contributed by atoms with Gasteiger partial charge in [-0.1, -0.05) is 24.3 Å². The number of urea groups is 1. The molecule has 0 fully saturated rings. The van der Waals surface area contributed by atoms with Gasteiger partial charge in [-0.05, 0) is 23.6 Å². The molecular weight excluding hydrogens is 296 g/mol. The molecule has 0 radical (unpaired) electrons. The summed E-state index contributed by atoms with van der Waals surface area (Å²) in [6.07, 6.45) is 4.13. The summed E-state index contributed by atoms with van der Waals surface area (Å²) in [5.74, 6) is -0.859. The Hall–Kier alpha value is -2.83. The number of rotatable bonds is 8. The van der Waals surface area contributed by atoms with Crippen LogP contribution in [0.25, 0.3) is 0 Å². The van der Waals surface area contributed by atoms with E-state index in [4.69, 9.17) is 5.11 Å². The van der Waals surface area contributed by atoms with Crippen molar-refractivity contribution >= 4 is 12.0 Å². The normalized spacial score (nSPS) is 10.3. The van der Waals surface area contributed by atoms with Crippen molar-refractivity contribution < 1.29 is 14.7 Å². The molecular formula is C16H20N4O3. The Morgan fingerprint density at radius 1 is 1.13 bits per heavy atom. The summed E-state index contributed by atoms with van der Waals surface area (Å²) in [6, 6.07) is 9.52. The fourth-order valence-corrected chi connectivity index (χ4v) is 2.03. The Morgan fingerprint density at radius 2 is 1.87 bits per heavy atom. The Morgan fingerprint density at radius 3 is 2.52 bits per heavy atom. The number of carboxylic acid groups (broad SMARTS) is 1.